The molecule has 1 aromatic carbocycles. The highest BCUT2D eigenvalue weighted by Crippen LogP contribution is 2.30. The lowest BCUT2D eigenvalue weighted by Crippen LogP contribution is -2.13. The second-order valence-electron chi connectivity index (χ2n) is 6.84. The smallest absolute Gasteiger partial charge is 0.115 e. The molecule has 1 unspecified atom stereocenters. The molecule has 1 atom stereocenters. The molecule has 2 nitrogen and oxygen atoms in total. The van der Waals surface area contributed by atoms with E-state index in [-0.39, 0.29) is 6.10 Å². The molecule has 1 N–H and O–H groups in total. The summed E-state index contributed by atoms with van der Waals surface area (Å²) in [6, 6.07) is 7.40. The van der Waals surface area contributed by atoms with E-state index >= 15 is 0 Å². The summed E-state index contributed by atoms with van der Waals surface area (Å²) in [5, 5.41) is 9.42. The second-order valence-corrected chi connectivity index (χ2v) is 6.84. The maximum Gasteiger partial charge on any atom is 0.115 e. The molecule has 1 aliphatic rings. The van der Waals surface area contributed by atoms with Gasteiger partial charge in [-0.1, -0.05) is 63.6 Å². The van der Waals surface area contributed by atoms with E-state index in [4.69, 9.17) is 4.74 Å². The van der Waals surface area contributed by atoms with Crippen LogP contribution < -0.4 is 0 Å². The van der Waals surface area contributed by atoms with E-state index in [0.29, 0.717) is 18.3 Å². The molecule has 0 fully saturated rings. The van der Waals surface area contributed by atoms with Crippen molar-refractivity contribution in [2.45, 2.75) is 52.6 Å². The van der Waals surface area contributed by atoms with Gasteiger partial charge in [0.25, 0.3) is 0 Å². The molecule has 0 amide bonds. The van der Waals surface area contributed by atoms with Crippen LogP contribution in [0.4, 0.5) is 0 Å². The largest absolute Gasteiger partial charge is 0.508 e. The number of phenols is 1. The lowest BCUT2D eigenvalue weighted by molar-refractivity contribution is 0.116. The van der Waals surface area contributed by atoms with E-state index < -0.39 is 0 Å². The standard InChI is InChI=1S/C22H30O2/c1-5-6-18(15-19-7-10-20(23)11-8-19)9-12-22-21(13-14-24-22)17(4)16(2)3/h7-8,10-11,13,15-16,22-23H,4-6,9,12,14H2,1-3H3/b18-15+. The Labute approximate surface area is 146 Å². The van der Waals surface area contributed by atoms with Crippen LogP contribution in [0.1, 0.15) is 52.0 Å². The Morgan fingerprint density at radius 1 is 1.29 bits per heavy atom. The highest BCUT2D eigenvalue weighted by atomic mass is 16.5. The Balaban J connectivity index is 2.02. The first-order valence-corrected chi connectivity index (χ1v) is 9.00. The molecule has 0 aliphatic carbocycles. The van der Waals surface area contributed by atoms with E-state index in [1.807, 2.05) is 12.1 Å². The predicted molar refractivity (Wildman–Crippen MR) is 102 cm³/mol. The molecule has 0 saturated carbocycles. The highest BCUT2D eigenvalue weighted by molar-refractivity contribution is 5.54. The molecule has 1 aliphatic heterocycles. The molecule has 1 heterocycles. The van der Waals surface area contributed by atoms with Gasteiger partial charge in [-0.2, -0.15) is 0 Å². The Morgan fingerprint density at radius 2 is 2.00 bits per heavy atom. The average molecular weight is 326 g/mol. The van der Waals surface area contributed by atoms with Gasteiger partial charge in [0.1, 0.15) is 5.75 Å². The van der Waals surface area contributed by atoms with Gasteiger partial charge in [0.05, 0.1) is 12.7 Å². The molecule has 1 aromatic rings. The van der Waals surface area contributed by atoms with Gasteiger partial charge in [-0.15, -0.1) is 0 Å². The number of aromatic hydroxyl groups is 1. The zero-order chi connectivity index (χ0) is 17.5. The number of ether oxygens (including phenoxy) is 1. The summed E-state index contributed by atoms with van der Waals surface area (Å²) in [5.74, 6) is 0.772. The van der Waals surface area contributed by atoms with Crippen LogP contribution in [0.5, 0.6) is 5.75 Å². The molecular formula is C22H30O2. The molecule has 2 rings (SSSR count). The number of rotatable bonds is 8. The third kappa shape index (κ3) is 5.10. The van der Waals surface area contributed by atoms with Crippen LogP contribution in [-0.2, 0) is 4.74 Å². The van der Waals surface area contributed by atoms with E-state index in [9.17, 15) is 5.11 Å². The van der Waals surface area contributed by atoms with Gasteiger partial charge < -0.3 is 9.84 Å². The van der Waals surface area contributed by atoms with E-state index in [1.165, 1.54) is 16.7 Å². The Morgan fingerprint density at radius 3 is 2.62 bits per heavy atom. The van der Waals surface area contributed by atoms with E-state index in [2.05, 4.69) is 39.5 Å². The van der Waals surface area contributed by atoms with Crippen molar-refractivity contribution in [2.24, 2.45) is 5.92 Å². The normalized spacial score (nSPS) is 18.1. The minimum Gasteiger partial charge on any atom is -0.508 e. The minimum atomic E-state index is 0.181. The van der Waals surface area contributed by atoms with Crippen LogP contribution in [-0.4, -0.2) is 17.8 Å². The number of hydrogen-bond donors (Lipinski definition) is 1. The lowest BCUT2D eigenvalue weighted by Gasteiger charge is -2.19. The molecule has 0 spiro atoms. The fraction of sp³-hybridized carbons (Fsp3) is 0.455. The van der Waals surface area contributed by atoms with E-state index in [0.717, 1.165) is 31.2 Å². The van der Waals surface area contributed by atoms with Crippen molar-refractivity contribution in [3.05, 3.63) is 59.2 Å². The van der Waals surface area contributed by atoms with Crippen LogP contribution >= 0.6 is 0 Å². The Bertz CT molecular complexity index is 605. The van der Waals surface area contributed by atoms with Crippen molar-refractivity contribution >= 4 is 6.08 Å². The summed E-state index contributed by atoms with van der Waals surface area (Å²) in [7, 11) is 0. The Hall–Kier alpha value is -1.80. The van der Waals surface area contributed by atoms with E-state index in [1.54, 1.807) is 12.1 Å². The number of benzene rings is 1. The first kappa shape index (κ1) is 18.5. The molecule has 0 aromatic heterocycles. The van der Waals surface area contributed by atoms with Gasteiger partial charge in [0.2, 0.25) is 0 Å². The number of hydrogen-bond acceptors (Lipinski definition) is 2. The summed E-state index contributed by atoms with van der Waals surface area (Å²) >= 11 is 0. The summed E-state index contributed by atoms with van der Waals surface area (Å²) in [5.41, 5.74) is 5.08. The fourth-order valence-electron chi connectivity index (χ4n) is 3.10. The number of allylic oxidation sites excluding steroid dienone is 1. The van der Waals surface area contributed by atoms with Crippen molar-refractivity contribution in [3.63, 3.8) is 0 Å². The first-order chi connectivity index (χ1) is 11.5. The quantitative estimate of drug-likeness (QED) is 0.645. The van der Waals surface area contributed by atoms with Crippen LogP contribution in [0.2, 0.25) is 0 Å². The average Bonchev–Trinajstić information content (AvgIpc) is 3.02. The predicted octanol–water partition coefficient (Wildman–Crippen LogP) is 5.89. The zero-order valence-corrected chi connectivity index (χ0v) is 15.2. The van der Waals surface area contributed by atoms with Gasteiger partial charge in [0, 0.05) is 0 Å². The highest BCUT2D eigenvalue weighted by Gasteiger charge is 2.23. The summed E-state index contributed by atoms with van der Waals surface area (Å²) in [6.45, 7) is 11.5. The maximum absolute atomic E-state index is 9.42. The van der Waals surface area contributed by atoms with Gasteiger partial charge in [0.15, 0.2) is 0 Å². The molecule has 2 heteroatoms. The van der Waals surface area contributed by atoms with Gasteiger partial charge >= 0.3 is 0 Å². The third-order valence-corrected chi connectivity index (χ3v) is 4.58. The molecular weight excluding hydrogens is 296 g/mol. The minimum absolute atomic E-state index is 0.181. The van der Waals surface area contributed by atoms with Gasteiger partial charge in [-0.25, -0.2) is 0 Å². The van der Waals surface area contributed by atoms with Crippen molar-refractivity contribution in [1.82, 2.24) is 0 Å². The summed E-state index contributed by atoms with van der Waals surface area (Å²) in [4.78, 5) is 0. The molecule has 0 radical (unpaired) electrons. The monoisotopic (exact) mass is 326 g/mol. The Kier molecular flexibility index (Phi) is 6.86. The van der Waals surface area contributed by atoms with Crippen molar-refractivity contribution in [2.75, 3.05) is 6.61 Å². The molecule has 130 valence electrons. The SMILES string of the molecule is C=C(C1=CCOC1CC/C(=C/c1ccc(O)cc1)CCC)C(C)C. The second kappa shape index (κ2) is 8.89. The van der Waals surface area contributed by atoms with Crippen molar-refractivity contribution in [1.29, 1.82) is 0 Å². The topological polar surface area (TPSA) is 29.5 Å². The van der Waals surface area contributed by atoms with Crippen LogP contribution in [0.3, 0.4) is 0 Å². The summed E-state index contributed by atoms with van der Waals surface area (Å²) < 4.78 is 5.92. The third-order valence-electron chi connectivity index (χ3n) is 4.58. The molecule has 0 saturated heterocycles. The molecule has 24 heavy (non-hydrogen) atoms. The van der Waals surface area contributed by atoms with Crippen LogP contribution in [0, 0.1) is 5.92 Å². The zero-order valence-electron chi connectivity index (χ0n) is 15.2. The fourth-order valence-corrected chi connectivity index (χ4v) is 3.10. The van der Waals surface area contributed by atoms with Gasteiger partial charge in [-0.05, 0) is 54.0 Å². The van der Waals surface area contributed by atoms with Crippen LogP contribution in [0.15, 0.2) is 53.6 Å². The molecule has 0 bridgehead atoms. The van der Waals surface area contributed by atoms with Crippen LogP contribution in [0.25, 0.3) is 6.08 Å². The number of phenolic OH excluding ortho intramolecular Hbond substituents is 1. The van der Waals surface area contributed by atoms with Crippen molar-refractivity contribution in [3.8, 4) is 5.75 Å². The van der Waals surface area contributed by atoms with Gasteiger partial charge in [-0.3, -0.25) is 0 Å². The lowest BCUT2D eigenvalue weighted by atomic mass is 9.90. The summed E-state index contributed by atoms with van der Waals surface area (Å²) in [6.07, 6.45) is 8.88. The first-order valence-electron chi connectivity index (χ1n) is 9.00. The van der Waals surface area contributed by atoms with Crippen molar-refractivity contribution < 1.29 is 9.84 Å². The maximum atomic E-state index is 9.42.